The van der Waals surface area contributed by atoms with Gasteiger partial charge in [0.15, 0.2) is 0 Å². The van der Waals surface area contributed by atoms with E-state index in [0.29, 0.717) is 6.54 Å². The molecule has 0 fully saturated rings. The second kappa shape index (κ2) is 4.59. The first kappa shape index (κ1) is 11.5. The van der Waals surface area contributed by atoms with Crippen molar-refractivity contribution in [2.24, 2.45) is 5.73 Å². The van der Waals surface area contributed by atoms with Crippen molar-refractivity contribution in [1.82, 2.24) is 4.98 Å². The monoisotopic (exact) mass is 300 g/mol. The fraction of sp³-hybridized carbons (Fsp3) is 0.0667. The molecule has 2 aromatic carbocycles. The first-order chi connectivity index (χ1) is 8.79. The van der Waals surface area contributed by atoms with Crippen LogP contribution in [0.1, 0.15) is 5.56 Å². The first-order valence-corrected chi connectivity index (χ1v) is 6.64. The zero-order chi connectivity index (χ0) is 12.5. The Bertz CT molecular complexity index is 683. The van der Waals surface area contributed by atoms with Crippen molar-refractivity contribution in [2.75, 3.05) is 0 Å². The van der Waals surface area contributed by atoms with Crippen LogP contribution in [0.3, 0.4) is 0 Å². The second-order valence-electron chi connectivity index (χ2n) is 4.24. The Labute approximate surface area is 114 Å². The zero-order valence-corrected chi connectivity index (χ0v) is 11.4. The number of H-pyrrole nitrogens is 1. The molecule has 0 radical (unpaired) electrons. The fourth-order valence-corrected chi connectivity index (χ4v) is 2.54. The highest BCUT2D eigenvalue weighted by molar-refractivity contribution is 9.10. The van der Waals surface area contributed by atoms with Crippen molar-refractivity contribution in [2.45, 2.75) is 6.54 Å². The average Bonchev–Trinajstić information content (AvgIpc) is 2.78. The number of rotatable bonds is 2. The lowest BCUT2D eigenvalue weighted by molar-refractivity contribution is 1.09. The van der Waals surface area contributed by atoms with Crippen LogP contribution in [-0.4, -0.2) is 4.98 Å². The number of hydrogen-bond acceptors (Lipinski definition) is 1. The number of hydrogen-bond donors (Lipinski definition) is 2. The van der Waals surface area contributed by atoms with E-state index in [4.69, 9.17) is 5.73 Å². The standard InChI is InChI=1S/C15H13BrN2/c16-11-7-5-10(6-8-11)15-13(9-17)12-3-1-2-4-14(12)18-15/h1-8,18H,9,17H2. The van der Waals surface area contributed by atoms with Gasteiger partial charge in [-0.3, -0.25) is 0 Å². The van der Waals surface area contributed by atoms with Crippen LogP contribution in [0.15, 0.2) is 53.0 Å². The van der Waals surface area contributed by atoms with Gasteiger partial charge in [-0.15, -0.1) is 0 Å². The van der Waals surface area contributed by atoms with Crippen molar-refractivity contribution >= 4 is 26.8 Å². The molecule has 18 heavy (non-hydrogen) atoms. The van der Waals surface area contributed by atoms with Crippen LogP contribution in [0.4, 0.5) is 0 Å². The summed E-state index contributed by atoms with van der Waals surface area (Å²) in [5.41, 5.74) is 10.5. The van der Waals surface area contributed by atoms with Gasteiger partial charge < -0.3 is 10.7 Å². The predicted molar refractivity (Wildman–Crippen MR) is 79.3 cm³/mol. The summed E-state index contributed by atoms with van der Waals surface area (Å²) < 4.78 is 1.08. The van der Waals surface area contributed by atoms with Crippen LogP contribution in [0.5, 0.6) is 0 Å². The van der Waals surface area contributed by atoms with Gasteiger partial charge in [-0.2, -0.15) is 0 Å². The Morgan fingerprint density at radius 3 is 2.44 bits per heavy atom. The van der Waals surface area contributed by atoms with E-state index in [1.54, 1.807) is 0 Å². The van der Waals surface area contributed by atoms with E-state index in [0.717, 1.165) is 21.2 Å². The molecule has 1 aromatic heterocycles. The molecule has 0 bridgehead atoms. The topological polar surface area (TPSA) is 41.8 Å². The first-order valence-electron chi connectivity index (χ1n) is 5.85. The third-order valence-corrected chi connectivity index (χ3v) is 3.68. The maximum Gasteiger partial charge on any atom is 0.0510 e. The van der Waals surface area contributed by atoms with Gasteiger partial charge in [-0.25, -0.2) is 0 Å². The highest BCUT2D eigenvalue weighted by Crippen LogP contribution is 2.30. The predicted octanol–water partition coefficient (Wildman–Crippen LogP) is 4.06. The number of nitrogens with two attached hydrogens (primary N) is 1. The SMILES string of the molecule is NCc1c(-c2ccc(Br)cc2)[nH]c2ccccc12. The number of benzene rings is 2. The molecule has 1 heterocycles. The summed E-state index contributed by atoms with van der Waals surface area (Å²) in [7, 11) is 0. The number of aromatic amines is 1. The largest absolute Gasteiger partial charge is 0.354 e. The molecule has 2 nitrogen and oxygen atoms in total. The van der Waals surface area contributed by atoms with E-state index >= 15 is 0 Å². The lowest BCUT2D eigenvalue weighted by Crippen LogP contribution is -1.97. The van der Waals surface area contributed by atoms with E-state index in [9.17, 15) is 0 Å². The summed E-state index contributed by atoms with van der Waals surface area (Å²) >= 11 is 3.45. The molecule has 0 saturated heterocycles. The third kappa shape index (κ3) is 1.85. The van der Waals surface area contributed by atoms with Crippen molar-refractivity contribution < 1.29 is 0 Å². The maximum absolute atomic E-state index is 5.90. The van der Waals surface area contributed by atoms with Gasteiger partial charge >= 0.3 is 0 Å². The minimum Gasteiger partial charge on any atom is -0.354 e. The van der Waals surface area contributed by atoms with Crippen LogP contribution in [0.25, 0.3) is 22.2 Å². The van der Waals surface area contributed by atoms with Gasteiger partial charge in [-0.1, -0.05) is 46.3 Å². The Kier molecular flexibility index (Phi) is 2.94. The molecule has 0 spiro atoms. The van der Waals surface area contributed by atoms with Gasteiger partial charge in [0.25, 0.3) is 0 Å². The summed E-state index contributed by atoms with van der Waals surface area (Å²) in [5, 5.41) is 1.21. The van der Waals surface area contributed by atoms with E-state index < -0.39 is 0 Å². The molecule has 0 aliphatic heterocycles. The van der Waals surface area contributed by atoms with Crippen LogP contribution in [0.2, 0.25) is 0 Å². The van der Waals surface area contributed by atoms with E-state index in [1.807, 2.05) is 24.3 Å². The van der Waals surface area contributed by atoms with Gasteiger partial charge in [0.1, 0.15) is 0 Å². The van der Waals surface area contributed by atoms with Gasteiger partial charge in [-0.05, 0) is 29.3 Å². The van der Waals surface area contributed by atoms with E-state index in [2.05, 4.69) is 45.2 Å². The number of halogens is 1. The van der Waals surface area contributed by atoms with Crippen LogP contribution in [-0.2, 0) is 6.54 Å². The smallest absolute Gasteiger partial charge is 0.0510 e. The molecule has 0 amide bonds. The molecular formula is C15H13BrN2. The molecule has 0 atom stereocenters. The molecule has 0 aliphatic rings. The lowest BCUT2D eigenvalue weighted by atomic mass is 10.1. The van der Waals surface area contributed by atoms with Gasteiger partial charge in [0.2, 0.25) is 0 Å². The number of fused-ring (bicyclic) bond motifs is 1. The molecule has 90 valence electrons. The summed E-state index contributed by atoms with van der Waals surface area (Å²) in [4.78, 5) is 3.46. The van der Waals surface area contributed by atoms with Gasteiger partial charge in [0.05, 0.1) is 5.69 Å². The fourth-order valence-electron chi connectivity index (χ4n) is 2.28. The Morgan fingerprint density at radius 2 is 1.72 bits per heavy atom. The molecule has 3 heteroatoms. The minimum absolute atomic E-state index is 0.537. The Hall–Kier alpha value is -1.58. The highest BCUT2D eigenvalue weighted by Gasteiger charge is 2.10. The van der Waals surface area contributed by atoms with Crippen molar-refractivity contribution in [3.63, 3.8) is 0 Å². The molecule has 0 aliphatic carbocycles. The second-order valence-corrected chi connectivity index (χ2v) is 5.15. The Morgan fingerprint density at radius 1 is 1.00 bits per heavy atom. The average molecular weight is 301 g/mol. The normalized spacial score (nSPS) is 11.0. The molecule has 3 rings (SSSR count). The number of nitrogens with one attached hydrogen (secondary N) is 1. The highest BCUT2D eigenvalue weighted by atomic mass is 79.9. The van der Waals surface area contributed by atoms with E-state index in [1.165, 1.54) is 10.9 Å². The minimum atomic E-state index is 0.537. The molecule has 3 aromatic rings. The third-order valence-electron chi connectivity index (χ3n) is 3.15. The van der Waals surface area contributed by atoms with Crippen LogP contribution >= 0.6 is 15.9 Å². The van der Waals surface area contributed by atoms with Crippen molar-refractivity contribution in [3.8, 4) is 11.3 Å². The summed E-state index contributed by atoms with van der Waals surface area (Å²) in [6.07, 6.45) is 0. The number of aromatic nitrogens is 1. The van der Waals surface area contributed by atoms with Crippen LogP contribution in [0, 0.1) is 0 Å². The summed E-state index contributed by atoms with van der Waals surface area (Å²) in [6, 6.07) is 16.5. The number of para-hydroxylation sites is 1. The molecular weight excluding hydrogens is 288 g/mol. The van der Waals surface area contributed by atoms with E-state index in [-0.39, 0.29) is 0 Å². The molecule has 0 saturated carbocycles. The Balaban J connectivity index is 2.25. The van der Waals surface area contributed by atoms with Crippen molar-refractivity contribution in [3.05, 3.63) is 58.6 Å². The zero-order valence-electron chi connectivity index (χ0n) is 9.78. The van der Waals surface area contributed by atoms with Crippen molar-refractivity contribution in [1.29, 1.82) is 0 Å². The summed E-state index contributed by atoms with van der Waals surface area (Å²) in [6.45, 7) is 0.537. The van der Waals surface area contributed by atoms with Gasteiger partial charge in [0, 0.05) is 21.9 Å². The quantitative estimate of drug-likeness (QED) is 0.736. The lowest BCUT2D eigenvalue weighted by Gasteiger charge is -2.02. The van der Waals surface area contributed by atoms with Crippen LogP contribution < -0.4 is 5.73 Å². The molecule has 0 unspecified atom stereocenters. The molecule has 3 N–H and O–H groups in total. The maximum atomic E-state index is 5.90. The summed E-state index contributed by atoms with van der Waals surface area (Å²) in [5.74, 6) is 0.